The molecule has 2 rings (SSSR count). The topological polar surface area (TPSA) is 52.5 Å². The Morgan fingerprint density at radius 1 is 1.37 bits per heavy atom. The van der Waals surface area contributed by atoms with Gasteiger partial charge in [-0.1, -0.05) is 35.8 Å². The minimum absolute atomic E-state index is 0.193. The van der Waals surface area contributed by atoms with Crippen LogP contribution >= 0.6 is 15.9 Å². The van der Waals surface area contributed by atoms with Crippen LogP contribution in [-0.2, 0) is 0 Å². The molecule has 0 aliphatic heterocycles. The second-order valence-corrected chi connectivity index (χ2v) is 5.91. The molecule has 4 heteroatoms. The summed E-state index contributed by atoms with van der Waals surface area (Å²) >= 11 is 3.48. The van der Waals surface area contributed by atoms with Gasteiger partial charge in [0.05, 0.1) is 18.0 Å². The highest BCUT2D eigenvalue weighted by molar-refractivity contribution is 9.10. The van der Waals surface area contributed by atoms with Crippen LogP contribution in [0, 0.1) is 24.2 Å². The summed E-state index contributed by atoms with van der Waals surface area (Å²) in [6, 6.07) is 8.44. The minimum atomic E-state index is -0.193. The van der Waals surface area contributed by atoms with Gasteiger partial charge in [0.1, 0.15) is 11.7 Å². The van der Waals surface area contributed by atoms with Crippen molar-refractivity contribution in [1.29, 1.82) is 5.26 Å². The number of aromatic nitrogens is 2. The van der Waals surface area contributed by atoms with E-state index in [2.05, 4.69) is 51.0 Å². The molecule has 0 bridgehead atoms. The Morgan fingerprint density at radius 3 is 2.74 bits per heavy atom. The molecule has 1 unspecified atom stereocenters. The molecule has 3 nitrogen and oxygen atoms in total. The largest absolute Gasteiger partial charge is 0.341 e. The zero-order valence-electron chi connectivity index (χ0n) is 11.2. The first-order valence-electron chi connectivity index (χ1n) is 6.24. The maximum Gasteiger partial charge on any atom is 0.124 e. The van der Waals surface area contributed by atoms with Gasteiger partial charge in [-0.2, -0.15) is 5.26 Å². The number of aryl methyl sites for hydroxylation is 1. The van der Waals surface area contributed by atoms with Crippen molar-refractivity contribution >= 4 is 15.9 Å². The quantitative estimate of drug-likeness (QED) is 0.911. The predicted molar refractivity (Wildman–Crippen MR) is 79.7 cm³/mol. The molecule has 2 aromatic rings. The van der Waals surface area contributed by atoms with E-state index in [9.17, 15) is 5.26 Å². The Labute approximate surface area is 121 Å². The fourth-order valence-electron chi connectivity index (χ4n) is 2.04. The third-order valence-corrected chi connectivity index (χ3v) is 3.68. The molecule has 1 atom stereocenters. The summed E-state index contributed by atoms with van der Waals surface area (Å²) < 4.78 is 1.03. The monoisotopic (exact) mass is 317 g/mol. The molecule has 0 saturated carbocycles. The molecule has 98 valence electrons. The van der Waals surface area contributed by atoms with Gasteiger partial charge in [-0.15, -0.1) is 0 Å². The summed E-state index contributed by atoms with van der Waals surface area (Å²) in [5.41, 5.74) is 3.24. The summed E-state index contributed by atoms with van der Waals surface area (Å²) in [5, 5.41) is 9.21. The average Bonchev–Trinajstić information content (AvgIpc) is 2.82. The van der Waals surface area contributed by atoms with E-state index in [0.717, 1.165) is 21.6 Å². The van der Waals surface area contributed by atoms with Crippen molar-refractivity contribution in [1.82, 2.24) is 9.97 Å². The zero-order chi connectivity index (χ0) is 14.0. The van der Waals surface area contributed by atoms with E-state index in [-0.39, 0.29) is 11.8 Å². The maximum atomic E-state index is 9.21. The number of imidazole rings is 1. The molecule has 0 radical (unpaired) electrons. The van der Waals surface area contributed by atoms with Crippen LogP contribution in [0.3, 0.4) is 0 Å². The van der Waals surface area contributed by atoms with E-state index in [4.69, 9.17) is 0 Å². The second-order valence-electron chi connectivity index (χ2n) is 4.99. The van der Waals surface area contributed by atoms with Crippen LogP contribution in [0.2, 0.25) is 0 Å². The normalized spacial score (nSPS) is 12.4. The van der Waals surface area contributed by atoms with Gasteiger partial charge in [-0.05, 0) is 30.5 Å². The van der Waals surface area contributed by atoms with Gasteiger partial charge in [0.2, 0.25) is 0 Å². The third kappa shape index (κ3) is 2.87. The fourth-order valence-corrected chi connectivity index (χ4v) is 2.40. The maximum absolute atomic E-state index is 9.21. The van der Waals surface area contributed by atoms with E-state index < -0.39 is 0 Å². The van der Waals surface area contributed by atoms with E-state index in [1.807, 2.05) is 19.9 Å². The van der Waals surface area contributed by atoms with Crippen molar-refractivity contribution in [2.45, 2.75) is 26.7 Å². The van der Waals surface area contributed by atoms with Crippen molar-refractivity contribution in [3.63, 3.8) is 0 Å². The number of nitrogens with one attached hydrogen (secondary N) is 1. The molecule has 19 heavy (non-hydrogen) atoms. The van der Waals surface area contributed by atoms with Gasteiger partial charge in [0, 0.05) is 10.0 Å². The number of benzene rings is 1. The first-order valence-corrected chi connectivity index (χ1v) is 7.03. The highest BCUT2D eigenvalue weighted by atomic mass is 79.9. The van der Waals surface area contributed by atoms with Crippen molar-refractivity contribution < 1.29 is 0 Å². The fraction of sp³-hybridized carbons (Fsp3) is 0.333. The highest BCUT2D eigenvalue weighted by Crippen LogP contribution is 2.28. The van der Waals surface area contributed by atoms with Crippen LogP contribution in [0.15, 0.2) is 28.9 Å². The molecule has 1 aromatic carbocycles. The Bertz CT molecular complexity index is 623. The molecular weight excluding hydrogens is 302 g/mol. The molecule has 1 aromatic heterocycles. The standard InChI is InChI=1S/C15H16BrN3/c1-9(2)13(7-17)15-18-8-14(19-15)12-6-11(16)5-4-10(12)3/h4-6,8-9,13H,1-3H3,(H,18,19). The Balaban J connectivity index is 2.41. The minimum Gasteiger partial charge on any atom is -0.341 e. The second kappa shape index (κ2) is 5.58. The number of nitrogens with zero attached hydrogens (tertiary/aromatic N) is 2. The average molecular weight is 318 g/mol. The van der Waals surface area contributed by atoms with Crippen molar-refractivity contribution in [3.05, 3.63) is 40.3 Å². The van der Waals surface area contributed by atoms with Crippen LogP contribution in [-0.4, -0.2) is 9.97 Å². The lowest BCUT2D eigenvalue weighted by molar-refractivity contribution is 0.566. The smallest absolute Gasteiger partial charge is 0.124 e. The number of halogens is 1. The lowest BCUT2D eigenvalue weighted by Crippen LogP contribution is -2.05. The van der Waals surface area contributed by atoms with Gasteiger partial charge in [-0.25, -0.2) is 4.98 Å². The number of nitriles is 1. The van der Waals surface area contributed by atoms with Crippen LogP contribution < -0.4 is 0 Å². The van der Waals surface area contributed by atoms with Gasteiger partial charge in [-0.3, -0.25) is 0 Å². The van der Waals surface area contributed by atoms with Crippen molar-refractivity contribution in [2.75, 3.05) is 0 Å². The predicted octanol–water partition coefficient (Wildman–Crippen LogP) is 4.41. The molecule has 0 spiro atoms. The number of hydrogen-bond donors (Lipinski definition) is 1. The van der Waals surface area contributed by atoms with Gasteiger partial charge in [0.25, 0.3) is 0 Å². The van der Waals surface area contributed by atoms with E-state index in [1.54, 1.807) is 6.20 Å². The Hall–Kier alpha value is -1.60. The third-order valence-electron chi connectivity index (χ3n) is 3.19. The summed E-state index contributed by atoms with van der Waals surface area (Å²) in [7, 11) is 0. The molecule has 1 N–H and O–H groups in total. The molecule has 0 amide bonds. The molecule has 0 fully saturated rings. The summed E-state index contributed by atoms with van der Waals surface area (Å²) in [5.74, 6) is 0.792. The first kappa shape index (κ1) is 13.8. The van der Waals surface area contributed by atoms with Crippen LogP contribution in [0.25, 0.3) is 11.3 Å². The number of H-pyrrole nitrogens is 1. The van der Waals surface area contributed by atoms with Crippen LogP contribution in [0.5, 0.6) is 0 Å². The van der Waals surface area contributed by atoms with Crippen molar-refractivity contribution in [3.8, 4) is 17.3 Å². The lowest BCUT2D eigenvalue weighted by atomic mass is 9.97. The highest BCUT2D eigenvalue weighted by Gasteiger charge is 2.19. The van der Waals surface area contributed by atoms with E-state index in [0.29, 0.717) is 0 Å². The lowest BCUT2D eigenvalue weighted by Gasteiger charge is -2.09. The zero-order valence-corrected chi connectivity index (χ0v) is 12.8. The van der Waals surface area contributed by atoms with Gasteiger partial charge < -0.3 is 4.98 Å². The van der Waals surface area contributed by atoms with Gasteiger partial charge in [0.15, 0.2) is 0 Å². The Kier molecular flexibility index (Phi) is 4.06. The summed E-state index contributed by atoms with van der Waals surface area (Å²) in [6.45, 7) is 6.12. The SMILES string of the molecule is Cc1ccc(Br)cc1-c1cnc(C(C#N)C(C)C)[nH]1. The number of aromatic amines is 1. The number of rotatable bonds is 3. The molecule has 0 saturated heterocycles. The summed E-state index contributed by atoms with van der Waals surface area (Å²) in [4.78, 5) is 7.64. The van der Waals surface area contributed by atoms with Gasteiger partial charge >= 0.3 is 0 Å². The Morgan fingerprint density at radius 2 is 2.11 bits per heavy atom. The molecular formula is C15H16BrN3. The van der Waals surface area contributed by atoms with Crippen molar-refractivity contribution in [2.24, 2.45) is 5.92 Å². The van der Waals surface area contributed by atoms with Crippen LogP contribution in [0.4, 0.5) is 0 Å². The van der Waals surface area contributed by atoms with Crippen LogP contribution in [0.1, 0.15) is 31.2 Å². The summed E-state index contributed by atoms with van der Waals surface area (Å²) in [6.07, 6.45) is 1.80. The molecule has 1 heterocycles. The molecule has 0 aliphatic rings. The molecule has 0 aliphatic carbocycles. The van der Waals surface area contributed by atoms with E-state index >= 15 is 0 Å². The first-order chi connectivity index (χ1) is 9.02. The van der Waals surface area contributed by atoms with E-state index in [1.165, 1.54) is 5.56 Å². The number of hydrogen-bond acceptors (Lipinski definition) is 2.